The van der Waals surface area contributed by atoms with E-state index in [-0.39, 0.29) is 5.91 Å². The van der Waals surface area contributed by atoms with E-state index in [4.69, 9.17) is 0 Å². The van der Waals surface area contributed by atoms with Gasteiger partial charge in [0.2, 0.25) is 0 Å². The maximum atomic E-state index is 12.8. The highest BCUT2D eigenvalue weighted by Crippen LogP contribution is 2.24. The molecule has 0 fully saturated rings. The molecule has 1 N–H and O–H groups in total. The summed E-state index contributed by atoms with van der Waals surface area (Å²) in [6.45, 7) is 0. The van der Waals surface area contributed by atoms with Crippen LogP contribution < -0.4 is 5.32 Å². The molecule has 0 unspecified atom stereocenters. The highest BCUT2D eigenvalue weighted by atomic mass is 32.1. The maximum absolute atomic E-state index is 12.8. The van der Waals surface area contributed by atoms with Crippen LogP contribution in [0.25, 0.3) is 27.1 Å². The number of thiazole rings is 1. The summed E-state index contributed by atoms with van der Waals surface area (Å²) in [4.78, 5) is 22.6. The zero-order chi connectivity index (χ0) is 18.2. The van der Waals surface area contributed by atoms with Crippen LogP contribution in [0.3, 0.4) is 0 Å². The Hall–Kier alpha value is -3.51. The number of hydrogen-bond donors (Lipinski definition) is 1. The quantitative estimate of drug-likeness (QED) is 0.493. The molecule has 2 aromatic carbocycles. The van der Waals surface area contributed by atoms with Gasteiger partial charge in [0.05, 0.1) is 23.1 Å². The number of amides is 1. The van der Waals surface area contributed by atoms with Crippen LogP contribution in [-0.2, 0) is 0 Å². The minimum atomic E-state index is -0.185. The third-order valence-electron chi connectivity index (χ3n) is 4.36. The number of rotatable bonds is 3. The standard InChI is InChI=1S/C21H14N4OS/c26-20(23-16-10-15-8-4-5-9-17(15)22-11-16)19-13-27-21-24-18(12-25(19)21)14-6-2-1-3-7-14/h1-13H,(H,23,26). The van der Waals surface area contributed by atoms with E-state index in [1.54, 1.807) is 6.20 Å². The van der Waals surface area contributed by atoms with E-state index in [0.717, 1.165) is 27.1 Å². The fraction of sp³-hybridized carbons (Fsp3) is 0. The van der Waals surface area contributed by atoms with Crippen molar-refractivity contribution in [1.29, 1.82) is 0 Å². The average molecular weight is 370 g/mol. The van der Waals surface area contributed by atoms with Gasteiger partial charge in [-0.1, -0.05) is 48.5 Å². The fourth-order valence-corrected chi connectivity index (χ4v) is 3.88. The lowest BCUT2D eigenvalue weighted by atomic mass is 10.2. The first-order valence-electron chi connectivity index (χ1n) is 8.46. The van der Waals surface area contributed by atoms with E-state index >= 15 is 0 Å². The Morgan fingerprint density at radius 3 is 2.74 bits per heavy atom. The van der Waals surface area contributed by atoms with Crippen molar-refractivity contribution in [2.75, 3.05) is 5.32 Å². The molecule has 27 heavy (non-hydrogen) atoms. The number of carbonyl (C=O) groups is 1. The van der Waals surface area contributed by atoms with Gasteiger partial charge in [-0.2, -0.15) is 0 Å². The minimum absolute atomic E-state index is 0.185. The molecule has 0 atom stereocenters. The number of carbonyl (C=O) groups excluding carboxylic acids is 1. The van der Waals surface area contributed by atoms with Crippen LogP contribution >= 0.6 is 11.3 Å². The monoisotopic (exact) mass is 370 g/mol. The second kappa shape index (κ2) is 6.34. The molecule has 0 aliphatic rings. The van der Waals surface area contributed by atoms with Crippen molar-refractivity contribution in [1.82, 2.24) is 14.4 Å². The lowest BCUT2D eigenvalue weighted by molar-refractivity contribution is 0.102. The first kappa shape index (κ1) is 15.7. The van der Waals surface area contributed by atoms with Crippen molar-refractivity contribution in [3.63, 3.8) is 0 Å². The van der Waals surface area contributed by atoms with Crippen LogP contribution in [0.1, 0.15) is 10.5 Å². The molecule has 0 saturated heterocycles. The van der Waals surface area contributed by atoms with Gasteiger partial charge in [-0.15, -0.1) is 11.3 Å². The molecule has 5 rings (SSSR count). The number of fused-ring (bicyclic) bond motifs is 2. The van der Waals surface area contributed by atoms with Crippen LogP contribution in [0.2, 0.25) is 0 Å². The van der Waals surface area contributed by atoms with E-state index in [2.05, 4.69) is 15.3 Å². The smallest absolute Gasteiger partial charge is 0.273 e. The molecule has 0 saturated carbocycles. The maximum Gasteiger partial charge on any atom is 0.273 e. The second-order valence-corrected chi connectivity index (χ2v) is 6.97. The molecule has 1 amide bonds. The zero-order valence-corrected chi connectivity index (χ0v) is 15.0. The Balaban J connectivity index is 1.47. The van der Waals surface area contributed by atoms with Crippen molar-refractivity contribution in [2.24, 2.45) is 0 Å². The van der Waals surface area contributed by atoms with E-state index in [9.17, 15) is 4.79 Å². The van der Waals surface area contributed by atoms with Crippen LogP contribution in [0, 0.1) is 0 Å². The van der Waals surface area contributed by atoms with E-state index < -0.39 is 0 Å². The molecular formula is C21H14N4OS. The van der Waals surface area contributed by atoms with E-state index in [1.165, 1.54) is 11.3 Å². The van der Waals surface area contributed by atoms with Gasteiger partial charge >= 0.3 is 0 Å². The second-order valence-electron chi connectivity index (χ2n) is 6.14. The first-order chi connectivity index (χ1) is 13.3. The summed E-state index contributed by atoms with van der Waals surface area (Å²) in [7, 11) is 0. The summed E-state index contributed by atoms with van der Waals surface area (Å²) in [5, 5.41) is 5.74. The molecule has 0 aliphatic carbocycles. The van der Waals surface area contributed by atoms with E-state index in [1.807, 2.05) is 76.6 Å². The van der Waals surface area contributed by atoms with Crippen molar-refractivity contribution in [2.45, 2.75) is 0 Å². The van der Waals surface area contributed by atoms with Gasteiger partial charge in [0, 0.05) is 22.5 Å². The summed E-state index contributed by atoms with van der Waals surface area (Å²) in [5.41, 5.74) is 4.00. The molecule has 5 nitrogen and oxygen atoms in total. The number of para-hydroxylation sites is 1. The highest BCUT2D eigenvalue weighted by Gasteiger charge is 2.15. The Morgan fingerprint density at radius 2 is 1.85 bits per heavy atom. The lowest BCUT2D eigenvalue weighted by Gasteiger charge is -2.05. The summed E-state index contributed by atoms with van der Waals surface area (Å²) in [6, 6.07) is 19.7. The number of imidazole rings is 1. The number of benzene rings is 2. The summed E-state index contributed by atoms with van der Waals surface area (Å²) in [5.74, 6) is -0.185. The van der Waals surface area contributed by atoms with Crippen LogP contribution in [0.4, 0.5) is 5.69 Å². The number of nitrogens with zero attached hydrogens (tertiary/aromatic N) is 3. The van der Waals surface area contributed by atoms with Crippen molar-refractivity contribution in [3.8, 4) is 11.3 Å². The number of nitrogens with one attached hydrogen (secondary N) is 1. The molecule has 0 spiro atoms. The Labute approximate surface area is 159 Å². The Kier molecular flexibility index (Phi) is 3.69. The van der Waals surface area contributed by atoms with Crippen molar-refractivity contribution >= 4 is 38.8 Å². The van der Waals surface area contributed by atoms with Gasteiger partial charge in [-0.25, -0.2) is 4.98 Å². The highest BCUT2D eigenvalue weighted by molar-refractivity contribution is 7.15. The zero-order valence-electron chi connectivity index (χ0n) is 14.2. The normalized spacial score (nSPS) is 11.1. The molecule has 0 aliphatic heterocycles. The number of aromatic nitrogens is 3. The minimum Gasteiger partial charge on any atom is -0.319 e. The largest absolute Gasteiger partial charge is 0.319 e. The first-order valence-corrected chi connectivity index (χ1v) is 9.34. The third kappa shape index (κ3) is 2.86. The van der Waals surface area contributed by atoms with Crippen LogP contribution in [-0.4, -0.2) is 20.3 Å². The Morgan fingerprint density at radius 1 is 1.04 bits per heavy atom. The van der Waals surface area contributed by atoms with Gasteiger partial charge in [0.25, 0.3) is 5.91 Å². The average Bonchev–Trinajstić information content (AvgIpc) is 3.29. The van der Waals surface area contributed by atoms with Gasteiger partial charge in [-0.05, 0) is 12.1 Å². The van der Waals surface area contributed by atoms with Gasteiger partial charge in [0.1, 0.15) is 5.69 Å². The number of pyridine rings is 1. The summed E-state index contributed by atoms with van der Waals surface area (Å²) < 4.78 is 1.83. The summed E-state index contributed by atoms with van der Waals surface area (Å²) >= 11 is 1.45. The Bertz CT molecular complexity index is 1270. The molecule has 130 valence electrons. The molecule has 6 heteroatoms. The van der Waals surface area contributed by atoms with Gasteiger partial charge in [0.15, 0.2) is 4.96 Å². The topological polar surface area (TPSA) is 59.3 Å². The third-order valence-corrected chi connectivity index (χ3v) is 5.20. The summed E-state index contributed by atoms with van der Waals surface area (Å²) in [6.07, 6.45) is 3.57. The predicted octanol–water partition coefficient (Wildman–Crippen LogP) is 4.86. The molecular weight excluding hydrogens is 356 g/mol. The van der Waals surface area contributed by atoms with Crippen molar-refractivity contribution < 1.29 is 4.79 Å². The molecule has 3 heterocycles. The number of hydrogen-bond acceptors (Lipinski definition) is 4. The molecule has 3 aromatic heterocycles. The van der Waals surface area contributed by atoms with Crippen molar-refractivity contribution in [3.05, 3.63) is 84.1 Å². The molecule has 0 radical (unpaired) electrons. The lowest BCUT2D eigenvalue weighted by Crippen LogP contribution is -2.14. The number of anilines is 1. The van der Waals surface area contributed by atoms with Crippen LogP contribution in [0.15, 0.2) is 78.4 Å². The SMILES string of the molecule is O=C(Nc1cnc2ccccc2c1)c1csc2nc(-c3ccccc3)cn12. The predicted molar refractivity (Wildman–Crippen MR) is 108 cm³/mol. The molecule has 5 aromatic rings. The van der Waals surface area contributed by atoms with Gasteiger partial charge < -0.3 is 5.32 Å². The molecule has 0 bridgehead atoms. The fourth-order valence-electron chi connectivity index (χ4n) is 3.03. The van der Waals surface area contributed by atoms with Crippen LogP contribution in [0.5, 0.6) is 0 Å². The van der Waals surface area contributed by atoms with E-state index in [0.29, 0.717) is 11.4 Å². The van der Waals surface area contributed by atoms with Gasteiger partial charge in [-0.3, -0.25) is 14.2 Å².